The van der Waals surface area contributed by atoms with Gasteiger partial charge in [0.05, 0.1) is 17.4 Å². The summed E-state index contributed by atoms with van der Waals surface area (Å²) in [5.74, 6) is 2.09. The molecule has 144 valence electrons. The third-order valence-electron chi connectivity index (χ3n) is 6.19. The second-order valence-electron chi connectivity index (χ2n) is 8.06. The highest BCUT2D eigenvalue weighted by molar-refractivity contribution is 5.91. The normalized spacial score (nSPS) is 18.9. The number of piperidine rings is 1. The molecule has 1 aliphatic carbocycles. The number of carbonyl (C=O) groups excluding carboxylic acids is 1. The van der Waals surface area contributed by atoms with Gasteiger partial charge in [-0.25, -0.2) is 0 Å². The summed E-state index contributed by atoms with van der Waals surface area (Å²) in [6.07, 6.45) is 6.53. The number of nitrogens with zero attached hydrogens (tertiary/aromatic N) is 2. The van der Waals surface area contributed by atoms with Crippen LogP contribution in [-0.4, -0.2) is 29.1 Å². The zero-order valence-electron chi connectivity index (χ0n) is 15.8. The summed E-state index contributed by atoms with van der Waals surface area (Å²) in [6, 6.07) is 16.2. The molecule has 3 heterocycles. The Hall–Kier alpha value is -2.82. The van der Waals surface area contributed by atoms with Gasteiger partial charge in [-0.1, -0.05) is 35.5 Å². The molecule has 1 aliphatic heterocycles. The summed E-state index contributed by atoms with van der Waals surface area (Å²) < 4.78 is 10.8. The molecule has 3 aromatic rings. The van der Waals surface area contributed by atoms with Gasteiger partial charge in [-0.05, 0) is 55.7 Å². The van der Waals surface area contributed by atoms with Gasteiger partial charge in [-0.2, -0.15) is 0 Å². The number of furan rings is 1. The van der Waals surface area contributed by atoms with Gasteiger partial charge in [0, 0.05) is 19.2 Å². The fourth-order valence-corrected chi connectivity index (χ4v) is 4.33. The summed E-state index contributed by atoms with van der Waals surface area (Å²) in [4.78, 5) is 15.3. The van der Waals surface area contributed by atoms with Crippen molar-refractivity contribution < 1.29 is 13.7 Å². The number of likely N-dealkylation sites (tertiary alicyclic amines) is 1. The molecule has 1 amide bonds. The van der Waals surface area contributed by atoms with Crippen molar-refractivity contribution in [2.24, 2.45) is 5.92 Å². The van der Waals surface area contributed by atoms with Gasteiger partial charge in [0.2, 0.25) is 11.7 Å². The summed E-state index contributed by atoms with van der Waals surface area (Å²) in [5, 5.41) is 4.21. The highest BCUT2D eigenvalue weighted by Gasteiger charge is 2.55. The van der Waals surface area contributed by atoms with E-state index in [4.69, 9.17) is 8.94 Å². The summed E-state index contributed by atoms with van der Waals surface area (Å²) in [6.45, 7) is 1.67. The van der Waals surface area contributed by atoms with Crippen molar-refractivity contribution in [1.29, 1.82) is 0 Å². The van der Waals surface area contributed by atoms with Crippen LogP contribution in [0.4, 0.5) is 0 Å². The molecule has 0 N–H and O–H groups in total. The minimum absolute atomic E-state index is 0.213. The first-order valence-electron chi connectivity index (χ1n) is 10.1. The number of aromatic nitrogens is 1. The zero-order valence-corrected chi connectivity index (χ0v) is 15.8. The summed E-state index contributed by atoms with van der Waals surface area (Å²) >= 11 is 0. The maximum Gasteiger partial charge on any atom is 0.234 e. The SMILES string of the molecule is O=C(N1CCC(Cc2ccccc2)CC1)C1(c2cc(-c3ccco3)on2)CC1. The molecule has 5 heteroatoms. The van der Waals surface area contributed by atoms with Crippen molar-refractivity contribution >= 4 is 5.91 Å². The number of rotatable bonds is 5. The largest absolute Gasteiger partial charge is 0.461 e. The Bertz CT molecular complexity index is 933. The summed E-state index contributed by atoms with van der Waals surface area (Å²) in [7, 11) is 0. The Morgan fingerprint density at radius 3 is 2.54 bits per heavy atom. The van der Waals surface area contributed by atoms with Crippen molar-refractivity contribution in [3.8, 4) is 11.5 Å². The van der Waals surface area contributed by atoms with Gasteiger partial charge in [0.15, 0.2) is 5.76 Å². The van der Waals surface area contributed by atoms with Gasteiger partial charge in [0.25, 0.3) is 0 Å². The van der Waals surface area contributed by atoms with Crippen LogP contribution in [0.2, 0.25) is 0 Å². The zero-order chi connectivity index (χ0) is 19.0. The van der Waals surface area contributed by atoms with Crippen molar-refractivity contribution in [3.63, 3.8) is 0 Å². The molecule has 28 heavy (non-hydrogen) atoms. The van der Waals surface area contributed by atoms with E-state index in [0.717, 1.165) is 50.9 Å². The van der Waals surface area contributed by atoms with Crippen molar-refractivity contribution in [1.82, 2.24) is 10.1 Å². The van der Waals surface area contributed by atoms with E-state index in [2.05, 4.69) is 35.5 Å². The Balaban J connectivity index is 1.23. The fourth-order valence-electron chi connectivity index (χ4n) is 4.33. The third kappa shape index (κ3) is 3.15. The minimum atomic E-state index is -0.486. The van der Waals surface area contributed by atoms with E-state index in [1.165, 1.54) is 5.56 Å². The first-order valence-corrected chi connectivity index (χ1v) is 10.1. The molecular formula is C23H24N2O3. The first kappa shape index (κ1) is 17.3. The van der Waals surface area contributed by atoms with Crippen molar-refractivity contribution in [2.75, 3.05) is 13.1 Å². The van der Waals surface area contributed by atoms with Crippen LogP contribution in [0.5, 0.6) is 0 Å². The van der Waals surface area contributed by atoms with Gasteiger partial charge in [-0.15, -0.1) is 0 Å². The Labute approximate surface area is 164 Å². The van der Waals surface area contributed by atoms with Crippen LogP contribution < -0.4 is 0 Å². The second-order valence-corrected chi connectivity index (χ2v) is 8.06. The van der Waals surface area contributed by atoms with Crippen molar-refractivity contribution in [2.45, 2.75) is 37.5 Å². The third-order valence-corrected chi connectivity index (χ3v) is 6.19. The lowest BCUT2D eigenvalue weighted by Crippen LogP contribution is -2.44. The monoisotopic (exact) mass is 376 g/mol. The molecule has 2 aliphatic rings. The molecule has 5 rings (SSSR count). The quantitative estimate of drug-likeness (QED) is 0.660. The van der Waals surface area contributed by atoms with Crippen LogP contribution in [0.1, 0.15) is 36.9 Å². The minimum Gasteiger partial charge on any atom is -0.461 e. The highest BCUT2D eigenvalue weighted by Crippen LogP contribution is 2.50. The Kier molecular flexibility index (Phi) is 4.30. The molecule has 0 unspecified atom stereocenters. The van der Waals surface area contributed by atoms with Crippen LogP contribution in [0.3, 0.4) is 0 Å². The van der Waals surface area contributed by atoms with Gasteiger partial charge >= 0.3 is 0 Å². The fraction of sp³-hybridized carbons (Fsp3) is 0.391. The van der Waals surface area contributed by atoms with E-state index in [9.17, 15) is 4.79 Å². The number of carbonyl (C=O) groups is 1. The number of hydrogen-bond donors (Lipinski definition) is 0. The standard InChI is InChI=1S/C23H24N2O3/c26-22(25-12-8-18(9-13-25)15-17-5-2-1-3-6-17)23(10-11-23)21-16-20(28-24-21)19-7-4-14-27-19/h1-7,14,16,18H,8-13,15H2. The molecule has 5 nitrogen and oxygen atoms in total. The van der Waals surface area contributed by atoms with E-state index in [0.29, 0.717) is 17.4 Å². The van der Waals surface area contributed by atoms with E-state index in [-0.39, 0.29) is 5.91 Å². The van der Waals surface area contributed by atoms with Crippen LogP contribution >= 0.6 is 0 Å². The number of benzene rings is 1. The molecule has 1 saturated heterocycles. The molecule has 0 radical (unpaired) electrons. The lowest BCUT2D eigenvalue weighted by molar-refractivity contribution is -0.135. The molecule has 1 aromatic carbocycles. The van der Waals surface area contributed by atoms with E-state index < -0.39 is 5.41 Å². The predicted molar refractivity (Wildman–Crippen MR) is 105 cm³/mol. The first-order chi connectivity index (χ1) is 13.7. The molecule has 0 spiro atoms. The van der Waals surface area contributed by atoms with Gasteiger partial charge < -0.3 is 13.8 Å². The van der Waals surface area contributed by atoms with Crippen LogP contribution in [0.25, 0.3) is 11.5 Å². The second kappa shape index (κ2) is 6.97. The maximum absolute atomic E-state index is 13.3. The van der Waals surface area contributed by atoms with Crippen LogP contribution in [-0.2, 0) is 16.6 Å². The Morgan fingerprint density at radius 1 is 1.07 bits per heavy atom. The molecule has 0 atom stereocenters. The number of amides is 1. The van der Waals surface area contributed by atoms with E-state index in [1.807, 2.05) is 23.1 Å². The molecular weight excluding hydrogens is 352 g/mol. The lowest BCUT2D eigenvalue weighted by Gasteiger charge is -2.34. The summed E-state index contributed by atoms with van der Waals surface area (Å²) in [5.41, 5.74) is 1.65. The smallest absolute Gasteiger partial charge is 0.234 e. The van der Waals surface area contributed by atoms with Gasteiger partial charge in [0.1, 0.15) is 0 Å². The molecule has 2 fully saturated rings. The Morgan fingerprint density at radius 2 is 1.86 bits per heavy atom. The molecule has 2 aromatic heterocycles. The highest BCUT2D eigenvalue weighted by atomic mass is 16.5. The van der Waals surface area contributed by atoms with E-state index >= 15 is 0 Å². The predicted octanol–water partition coefficient (Wildman–Crippen LogP) is 4.45. The average Bonchev–Trinajstić information content (AvgIpc) is 3.14. The van der Waals surface area contributed by atoms with Gasteiger partial charge in [-0.3, -0.25) is 4.79 Å². The topological polar surface area (TPSA) is 59.5 Å². The van der Waals surface area contributed by atoms with Crippen molar-refractivity contribution in [3.05, 3.63) is 66.1 Å². The molecule has 0 bridgehead atoms. The maximum atomic E-state index is 13.3. The lowest BCUT2D eigenvalue weighted by atomic mass is 9.89. The molecule has 1 saturated carbocycles. The van der Waals surface area contributed by atoms with E-state index in [1.54, 1.807) is 6.26 Å². The van der Waals surface area contributed by atoms with Crippen LogP contribution in [0, 0.1) is 5.92 Å². The average molecular weight is 376 g/mol. The van der Waals surface area contributed by atoms with Crippen LogP contribution in [0.15, 0.2) is 63.7 Å². The number of hydrogen-bond acceptors (Lipinski definition) is 4.